The van der Waals surface area contributed by atoms with Gasteiger partial charge in [0.1, 0.15) is 5.70 Å². The van der Waals surface area contributed by atoms with Crippen molar-refractivity contribution in [1.82, 2.24) is 10.2 Å². The third kappa shape index (κ3) is 3.54. The Morgan fingerprint density at radius 1 is 1.26 bits per heavy atom. The second-order valence-electron chi connectivity index (χ2n) is 5.72. The van der Waals surface area contributed by atoms with Gasteiger partial charge >= 0.3 is 0 Å². The van der Waals surface area contributed by atoms with Crippen LogP contribution in [0.1, 0.15) is 18.4 Å². The number of amides is 1. The van der Waals surface area contributed by atoms with E-state index in [9.17, 15) is 4.79 Å². The highest BCUT2D eigenvalue weighted by atomic mass is 32.1. The molecule has 2 aliphatic heterocycles. The summed E-state index contributed by atoms with van der Waals surface area (Å²) in [5.41, 5.74) is 2.74. The van der Waals surface area contributed by atoms with Crippen LogP contribution in [0.2, 0.25) is 0 Å². The number of benzene rings is 1. The quantitative estimate of drug-likeness (QED) is 0.660. The van der Waals surface area contributed by atoms with E-state index in [0.29, 0.717) is 24.0 Å². The Kier molecular flexibility index (Phi) is 4.93. The van der Waals surface area contributed by atoms with Crippen LogP contribution < -0.4 is 10.2 Å². The van der Waals surface area contributed by atoms with E-state index in [0.717, 1.165) is 18.7 Å². The van der Waals surface area contributed by atoms with Crippen molar-refractivity contribution in [3.8, 4) is 0 Å². The molecule has 0 aliphatic carbocycles. The smallest absolute Gasteiger partial charge is 0.276 e. The van der Waals surface area contributed by atoms with Gasteiger partial charge in [0.15, 0.2) is 5.11 Å². The largest absolute Gasteiger partial charge is 0.383 e. The molecule has 122 valence electrons. The molecule has 23 heavy (non-hydrogen) atoms. The summed E-state index contributed by atoms with van der Waals surface area (Å²) in [7, 11) is 1.61. The van der Waals surface area contributed by atoms with Crippen LogP contribution >= 0.6 is 12.2 Å². The number of hydrogen-bond donors (Lipinski definition) is 1. The molecule has 1 aromatic carbocycles. The van der Waals surface area contributed by atoms with Gasteiger partial charge in [-0.05, 0) is 48.8 Å². The molecule has 0 spiro atoms. The van der Waals surface area contributed by atoms with Crippen LogP contribution in [0.4, 0.5) is 5.69 Å². The fraction of sp³-hybridized carbons (Fsp3) is 0.412. The van der Waals surface area contributed by atoms with Crippen molar-refractivity contribution in [1.29, 1.82) is 0 Å². The lowest BCUT2D eigenvalue weighted by Crippen LogP contribution is -2.33. The summed E-state index contributed by atoms with van der Waals surface area (Å²) >= 11 is 5.21. The zero-order chi connectivity index (χ0) is 16.2. The first-order valence-corrected chi connectivity index (χ1v) is 8.28. The van der Waals surface area contributed by atoms with Crippen LogP contribution in [-0.4, -0.2) is 49.3 Å². The summed E-state index contributed by atoms with van der Waals surface area (Å²) in [5, 5.41) is 3.42. The molecule has 1 amide bonds. The first-order chi connectivity index (χ1) is 11.2. The number of methoxy groups -OCH3 is 1. The van der Waals surface area contributed by atoms with Crippen molar-refractivity contribution in [2.24, 2.45) is 0 Å². The minimum absolute atomic E-state index is 0.101. The van der Waals surface area contributed by atoms with Crippen molar-refractivity contribution in [3.05, 3.63) is 35.5 Å². The highest BCUT2D eigenvalue weighted by Gasteiger charge is 2.30. The van der Waals surface area contributed by atoms with E-state index in [2.05, 4.69) is 22.3 Å². The molecule has 0 unspecified atom stereocenters. The molecule has 2 saturated heterocycles. The van der Waals surface area contributed by atoms with E-state index in [1.54, 1.807) is 7.11 Å². The number of ether oxygens (including phenoxy) is 1. The lowest BCUT2D eigenvalue weighted by Gasteiger charge is -2.17. The standard InChI is InChI=1S/C17H21N3O2S/c1-22-11-10-20-16(21)15(18-17(20)23)12-13-4-6-14(7-5-13)19-8-2-3-9-19/h4-7,12H,2-3,8-11H2,1H3,(H,18,23). The lowest BCUT2D eigenvalue weighted by molar-refractivity contribution is -0.122. The number of anilines is 1. The predicted octanol–water partition coefficient (Wildman–Crippen LogP) is 1.99. The fourth-order valence-electron chi connectivity index (χ4n) is 2.88. The predicted molar refractivity (Wildman–Crippen MR) is 95.2 cm³/mol. The van der Waals surface area contributed by atoms with Crippen molar-refractivity contribution in [3.63, 3.8) is 0 Å². The summed E-state index contributed by atoms with van der Waals surface area (Å²) in [6.45, 7) is 3.18. The number of nitrogens with one attached hydrogen (secondary N) is 1. The van der Waals surface area contributed by atoms with E-state index in [1.165, 1.54) is 23.4 Å². The zero-order valence-corrected chi connectivity index (χ0v) is 14.1. The second kappa shape index (κ2) is 7.10. The summed E-state index contributed by atoms with van der Waals surface area (Å²) < 4.78 is 5.01. The molecule has 0 bridgehead atoms. The molecule has 6 heteroatoms. The fourth-order valence-corrected chi connectivity index (χ4v) is 3.16. The molecule has 2 heterocycles. The van der Waals surface area contributed by atoms with Crippen LogP contribution in [0.15, 0.2) is 30.0 Å². The van der Waals surface area contributed by atoms with Gasteiger partial charge in [-0.15, -0.1) is 0 Å². The molecule has 0 atom stereocenters. The number of nitrogens with zero attached hydrogens (tertiary/aromatic N) is 2. The molecular weight excluding hydrogens is 310 g/mol. The molecule has 2 aliphatic rings. The Bertz CT molecular complexity index is 621. The van der Waals surface area contributed by atoms with Gasteiger partial charge in [-0.25, -0.2) is 0 Å². The average molecular weight is 331 g/mol. The molecular formula is C17H21N3O2S. The Morgan fingerprint density at radius 3 is 2.61 bits per heavy atom. The maximum Gasteiger partial charge on any atom is 0.276 e. The van der Waals surface area contributed by atoms with Crippen LogP contribution in [0.25, 0.3) is 6.08 Å². The maximum absolute atomic E-state index is 12.3. The van der Waals surface area contributed by atoms with Crippen LogP contribution in [0.5, 0.6) is 0 Å². The van der Waals surface area contributed by atoms with Gasteiger partial charge in [0.05, 0.1) is 13.2 Å². The Hall–Kier alpha value is -1.92. The van der Waals surface area contributed by atoms with Gasteiger partial charge in [-0.1, -0.05) is 12.1 Å². The van der Waals surface area contributed by atoms with Gasteiger partial charge in [-0.3, -0.25) is 9.69 Å². The average Bonchev–Trinajstić information content (AvgIpc) is 3.17. The van der Waals surface area contributed by atoms with Gasteiger partial charge in [0.25, 0.3) is 5.91 Å². The Labute approximate surface area is 141 Å². The Balaban J connectivity index is 1.71. The SMILES string of the molecule is COCCN1C(=O)C(=Cc2ccc(N3CCCC3)cc2)NC1=S. The van der Waals surface area contributed by atoms with E-state index in [1.807, 2.05) is 18.2 Å². The topological polar surface area (TPSA) is 44.8 Å². The van der Waals surface area contributed by atoms with E-state index >= 15 is 0 Å². The Morgan fingerprint density at radius 2 is 1.96 bits per heavy atom. The molecule has 5 nitrogen and oxygen atoms in total. The van der Waals surface area contributed by atoms with Crippen molar-refractivity contribution < 1.29 is 9.53 Å². The third-order valence-corrected chi connectivity index (χ3v) is 4.48. The van der Waals surface area contributed by atoms with Gasteiger partial charge in [0, 0.05) is 25.9 Å². The zero-order valence-electron chi connectivity index (χ0n) is 13.2. The number of rotatable bonds is 5. The van der Waals surface area contributed by atoms with E-state index in [4.69, 9.17) is 17.0 Å². The molecule has 0 radical (unpaired) electrons. The monoisotopic (exact) mass is 331 g/mol. The first-order valence-electron chi connectivity index (χ1n) is 7.87. The molecule has 2 fully saturated rings. The highest BCUT2D eigenvalue weighted by Crippen LogP contribution is 2.22. The molecule has 1 aromatic rings. The summed E-state index contributed by atoms with van der Waals surface area (Å²) in [5.74, 6) is -0.101. The number of thiocarbonyl (C=S) groups is 1. The third-order valence-electron chi connectivity index (χ3n) is 4.16. The van der Waals surface area contributed by atoms with Gasteiger partial charge in [-0.2, -0.15) is 0 Å². The normalized spacial score (nSPS) is 19.8. The van der Waals surface area contributed by atoms with E-state index in [-0.39, 0.29) is 5.91 Å². The minimum Gasteiger partial charge on any atom is -0.383 e. The summed E-state index contributed by atoms with van der Waals surface area (Å²) in [4.78, 5) is 16.3. The van der Waals surface area contributed by atoms with Crippen molar-refractivity contribution in [2.75, 3.05) is 38.3 Å². The lowest BCUT2D eigenvalue weighted by atomic mass is 10.1. The van der Waals surface area contributed by atoms with Crippen LogP contribution in [0, 0.1) is 0 Å². The van der Waals surface area contributed by atoms with Crippen LogP contribution in [-0.2, 0) is 9.53 Å². The molecule has 0 aromatic heterocycles. The molecule has 1 N–H and O–H groups in total. The van der Waals surface area contributed by atoms with Crippen molar-refractivity contribution in [2.45, 2.75) is 12.8 Å². The van der Waals surface area contributed by atoms with Gasteiger partial charge in [0.2, 0.25) is 0 Å². The van der Waals surface area contributed by atoms with Crippen LogP contribution in [0.3, 0.4) is 0 Å². The van der Waals surface area contributed by atoms with Crippen molar-refractivity contribution >= 4 is 35.0 Å². The first kappa shape index (κ1) is 16.0. The second-order valence-corrected chi connectivity index (χ2v) is 6.11. The summed E-state index contributed by atoms with van der Waals surface area (Å²) in [6.07, 6.45) is 4.37. The highest BCUT2D eigenvalue weighted by molar-refractivity contribution is 7.80. The molecule has 3 rings (SSSR count). The maximum atomic E-state index is 12.3. The number of hydrogen-bond acceptors (Lipinski definition) is 4. The minimum atomic E-state index is -0.101. The van der Waals surface area contributed by atoms with Gasteiger partial charge < -0.3 is 15.0 Å². The number of carbonyl (C=O) groups is 1. The molecule has 0 saturated carbocycles. The van der Waals surface area contributed by atoms with E-state index < -0.39 is 0 Å². The summed E-state index contributed by atoms with van der Waals surface area (Å²) in [6, 6.07) is 8.29. The number of carbonyl (C=O) groups excluding carboxylic acids is 1.